The summed E-state index contributed by atoms with van der Waals surface area (Å²) >= 11 is 13.4. The second-order valence-electron chi connectivity index (χ2n) is 12.3. The fourth-order valence-electron chi connectivity index (χ4n) is 5.03. The summed E-state index contributed by atoms with van der Waals surface area (Å²) in [5.74, 6) is -0.250. The van der Waals surface area contributed by atoms with Crippen molar-refractivity contribution in [3.63, 3.8) is 0 Å². The first-order valence-electron chi connectivity index (χ1n) is 14.6. The highest BCUT2D eigenvalue weighted by Crippen LogP contribution is 2.33. The highest BCUT2D eigenvalue weighted by Gasteiger charge is 2.33. The average Bonchev–Trinajstić information content (AvgIpc) is 2.93. The summed E-state index contributed by atoms with van der Waals surface area (Å²) in [6, 6.07) is 11.1. The Morgan fingerprint density at radius 3 is 2.52 bits per heavy atom. The molecule has 2 aromatic heterocycles. The molecule has 8 nitrogen and oxygen atoms in total. The fourth-order valence-corrected chi connectivity index (χ4v) is 5.51. The highest BCUT2D eigenvalue weighted by atomic mass is 35.5. The van der Waals surface area contributed by atoms with E-state index in [9.17, 15) is 14.0 Å². The number of ether oxygens (including phenoxy) is 1. The van der Waals surface area contributed by atoms with Gasteiger partial charge in [-0.1, -0.05) is 55.2 Å². The highest BCUT2D eigenvalue weighted by molar-refractivity contribution is 6.36. The first kappa shape index (κ1) is 33.3. The van der Waals surface area contributed by atoms with Gasteiger partial charge in [-0.3, -0.25) is 9.78 Å². The van der Waals surface area contributed by atoms with Crippen molar-refractivity contribution in [1.82, 2.24) is 19.8 Å². The topological polar surface area (TPSA) is 88.0 Å². The Bertz CT molecular complexity index is 1560. The zero-order chi connectivity index (χ0) is 32.2. The van der Waals surface area contributed by atoms with Crippen LogP contribution in [0.25, 0.3) is 11.3 Å². The molecule has 3 heterocycles. The Balaban J connectivity index is 1.72. The Labute approximate surface area is 268 Å². The molecule has 1 aromatic carbocycles. The van der Waals surface area contributed by atoms with E-state index in [1.165, 1.54) is 6.07 Å². The molecule has 0 N–H and O–H groups in total. The molecule has 4 rings (SSSR count). The van der Waals surface area contributed by atoms with Crippen LogP contribution in [0, 0.1) is 11.7 Å². The van der Waals surface area contributed by atoms with E-state index in [1.54, 1.807) is 41.4 Å². The lowest BCUT2D eigenvalue weighted by molar-refractivity contribution is -0.117. The second kappa shape index (κ2) is 14.0. The Hall–Kier alpha value is -3.56. The largest absolute Gasteiger partial charge is 0.444 e. The number of piperazine rings is 1. The number of pyridine rings is 2. The summed E-state index contributed by atoms with van der Waals surface area (Å²) in [5.41, 5.74) is 1.73. The number of carbonyl (C=O) groups excluding carboxylic acids is 2. The number of benzene rings is 1. The van der Waals surface area contributed by atoms with Crippen LogP contribution in [0.5, 0.6) is 0 Å². The van der Waals surface area contributed by atoms with Crippen LogP contribution in [-0.4, -0.2) is 68.9 Å². The summed E-state index contributed by atoms with van der Waals surface area (Å²) < 4.78 is 20.2. The Morgan fingerprint density at radius 2 is 1.86 bits per heavy atom. The number of amidine groups is 1. The number of rotatable bonds is 6. The van der Waals surface area contributed by atoms with E-state index in [1.807, 2.05) is 38.7 Å². The number of aromatic nitrogens is 2. The van der Waals surface area contributed by atoms with Crippen LogP contribution in [0.3, 0.4) is 0 Å². The molecule has 234 valence electrons. The molecule has 44 heavy (non-hydrogen) atoms. The minimum Gasteiger partial charge on any atom is -0.444 e. The quantitative estimate of drug-likeness (QED) is 0.160. The first-order chi connectivity index (χ1) is 20.7. The molecule has 0 radical (unpaired) electrons. The molecular weight excluding hydrogens is 604 g/mol. The molecule has 1 saturated heterocycles. The van der Waals surface area contributed by atoms with Crippen LogP contribution in [-0.2, 0) is 22.4 Å². The maximum Gasteiger partial charge on any atom is 0.410 e. The zero-order valence-electron chi connectivity index (χ0n) is 25.9. The van der Waals surface area contributed by atoms with Gasteiger partial charge in [-0.05, 0) is 69.9 Å². The minimum absolute atomic E-state index is 0.0165. The lowest BCUT2D eigenvalue weighted by Crippen LogP contribution is -2.56. The summed E-state index contributed by atoms with van der Waals surface area (Å²) in [5, 5.41) is 0.170. The number of halogens is 3. The monoisotopic (exact) mass is 641 g/mol. The number of aliphatic imine (C=N–C) groups is 1. The maximum absolute atomic E-state index is 14.6. The van der Waals surface area contributed by atoms with E-state index in [0.29, 0.717) is 31.1 Å². The van der Waals surface area contributed by atoms with Crippen molar-refractivity contribution in [2.45, 2.75) is 66.0 Å². The van der Waals surface area contributed by atoms with Gasteiger partial charge in [0.15, 0.2) is 0 Å². The molecular formula is C33H38Cl2FN5O3. The molecule has 1 fully saturated rings. The van der Waals surface area contributed by atoms with Gasteiger partial charge in [0.2, 0.25) is 0 Å². The molecule has 1 aliphatic heterocycles. The number of nitrogens with zero attached hydrogens (tertiary/aromatic N) is 5. The molecule has 0 spiro atoms. The van der Waals surface area contributed by atoms with Crippen LogP contribution < -0.4 is 0 Å². The van der Waals surface area contributed by atoms with Gasteiger partial charge in [0, 0.05) is 43.1 Å². The normalized spacial score (nSPS) is 16.0. The number of hydrogen-bond donors (Lipinski definition) is 0. The SMILES string of the molecule is CC(C)Cc1ncccc1CC(=O)N=C(c1cc(Cl)c(-c2ccccc2F)nc1Cl)N1CCN(C(=O)OC(C)(C)C)C[C@@H]1C. The van der Waals surface area contributed by atoms with Crippen LogP contribution >= 0.6 is 23.2 Å². The molecule has 1 atom stereocenters. The average molecular weight is 643 g/mol. The van der Waals surface area contributed by atoms with E-state index < -0.39 is 23.4 Å². The summed E-state index contributed by atoms with van der Waals surface area (Å²) in [4.78, 5) is 43.4. The zero-order valence-corrected chi connectivity index (χ0v) is 27.4. The molecule has 0 aliphatic carbocycles. The maximum atomic E-state index is 14.6. The van der Waals surface area contributed by atoms with Gasteiger partial charge in [0.05, 0.1) is 22.7 Å². The van der Waals surface area contributed by atoms with Gasteiger partial charge >= 0.3 is 6.09 Å². The Kier molecular flexibility index (Phi) is 10.6. The number of carbonyl (C=O) groups is 2. The molecule has 2 amide bonds. The molecule has 0 bridgehead atoms. The van der Waals surface area contributed by atoms with Gasteiger partial charge in [-0.15, -0.1) is 0 Å². The Morgan fingerprint density at radius 1 is 1.14 bits per heavy atom. The molecule has 11 heteroatoms. The molecule has 3 aromatic rings. The van der Waals surface area contributed by atoms with Crippen LogP contribution in [0.15, 0.2) is 53.7 Å². The standard InChI is InChI=1S/C33H38Cl2FN5O3/c1-20(2)16-27-22(10-9-13-37-27)17-28(42)38-31(41-15-14-40(19-21(41)3)32(43)44-33(4,5)6)24-18-25(34)29(39-30(24)35)23-11-7-8-12-26(23)36/h7-13,18,20-21H,14-17,19H2,1-6H3/t21-/m0/s1. The van der Waals surface area contributed by atoms with E-state index in [4.69, 9.17) is 27.9 Å². The number of amides is 2. The van der Waals surface area contributed by atoms with Gasteiger partial charge in [-0.25, -0.2) is 14.2 Å². The predicted molar refractivity (Wildman–Crippen MR) is 172 cm³/mol. The smallest absolute Gasteiger partial charge is 0.410 e. The van der Waals surface area contributed by atoms with E-state index in [2.05, 4.69) is 28.8 Å². The van der Waals surface area contributed by atoms with Crippen molar-refractivity contribution in [2.75, 3.05) is 19.6 Å². The van der Waals surface area contributed by atoms with Crippen molar-refractivity contribution in [3.05, 3.63) is 81.5 Å². The molecule has 0 unspecified atom stereocenters. The van der Waals surface area contributed by atoms with Crippen LogP contribution in [0.2, 0.25) is 10.2 Å². The third-order valence-corrected chi connectivity index (χ3v) is 7.59. The van der Waals surface area contributed by atoms with Crippen molar-refractivity contribution in [2.24, 2.45) is 10.9 Å². The fraction of sp³-hybridized carbons (Fsp3) is 0.424. The van der Waals surface area contributed by atoms with Crippen molar-refractivity contribution in [3.8, 4) is 11.3 Å². The van der Waals surface area contributed by atoms with Crippen LogP contribution in [0.4, 0.5) is 9.18 Å². The summed E-state index contributed by atoms with van der Waals surface area (Å²) in [7, 11) is 0. The van der Waals surface area contributed by atoms with E-state index in [-0.39, 0.29) is 39.7 Å². The summed E-state index contributed by atoms with van der Waals surface area (Å²) in [6.45, 7) is 12.6. The lowest BCUT2D eigenvalue weighted by atomic mass is 10.0. The number of hydrogen-bond acceptors (Lipinski definition) is 5. The minimum atomic E-state index is -0.632. The van der Waals surface area contributed by atoms with Crippen LogP contribution in [0.1, 0.15) is 58.4 Å². The molecule has 0 saturated carbocycles. The molecule has 1 aliphatic rings. The van der Waals surface area contributed by atoms with Gasteiger partial charge in [0.1, 0.15) is 22.4 Å². The van der Waals surface area contributed by atoms with Gasteiger partial charge < -0.3 is 14.5 Å². The first-order valence-corrected chi connectivity index (χ1v) is 15.4. The summed E-state index contributed by atoms with van der Waals surface area (Å²) in [6.07, 6.45) is 2.07. The van der Waals surface area contributed by atoms with Gasteiger partial charge in [0.25, 0.3) is 5.91 Å². The van der Waals surface area contributed by atoms with E-state index in [0.717, 1.165) is 17.7 Å². The van der Waals surface area contributed by atoms with Crippen molar-refractivity contribution < 1.29 is 18.7 Å². The second-order valence-corrected chi connectivity index (χ2v) is 13.1. The van der Waals surface area contributed by atoms with Crippen molar-refractivity contribution >= 4 is 41.0 Å². The van der Waals surface area contributed by atoms with Gasteiger partial charge in [-0.2, -0.15) is 4.99 Å². The van der Waals surface area contributed by atoms with Crippen molar-refractivity contribution in [1.29, 1.82) is 0 Å². The van der Waals surface area contributed by atoms with E-state index >= 15 is 0 Å². The predicted octanol–water partition coefficient (Wildman–Crippen LogP) is 7.25. The lowest BCUT2D eigenvalue weighted by Gasteiger charge is -2.41. The third-order valence-electron chi connectivity index (χ3n) is 7.01. The third kappa shape index (κ3) is 8.33.